The Balaban J connectivity index is -0.000000302. The zero-order valence-corrected chi connectivity index (χ0v) is 19.5. The van der Waals surface area contributed by atoms with Gasteiger partial charge in [-0.3, -0.25) is 13.0 Å². The van der Waals surface area contributed by atoms with Gasteiger partial charge in [0.05, 0.1) is 4.90 Å². The van der Waals surface area contributed by atoms with E-state index in [4.69, 9.17) is 27.2 Å². The summed E-state index contributed by atoms with van der Waals surface area (Å²) in [5, 5.41) is 8.63. The molecule has 0 atom stereocenters. The van der Waals surface area contributed by atoms with Crippen LogP contribution in [-0.4, -0.2) is 35.6 Å². The maximum Gasteiger partial charge on any atom is 1.00 e. The van der Waals surface area contributed by atoms with E-state index in [1.807, 2.05) is 13.0 Å². The van der Waals surface area contributed by atoms with Crippen LogP contribution in [0.2, 0.25) is 0 Å². The van der Waals surface area contributed by atoms with Gasteiger partial charge in [0.15, 0.2) is 0 Å². The van der Waals surface area contributed by atoms with Crippen LogP contribution in [0.15, 0.2) is 59.5 Å². The van der Waals surface area contributed by atoms with E-state index in [-0.39, 0.29) is 64.0 Å². The van der Waals surface area contributed by atoms with Crippen molar-refractivity contribution in [1.29, 1.82) is 0 Å². The molecular weight excluding hydrogens is 394 g/mol. The summed E-state index contributed by atoms with van der Waals surface area (Å²) in [7, 11) is -9.19. The summed E-state index contributed by atoms with van der Waals surface area (Å²) >= 11 is 0. The van der Waals surface area contributed by atoms with Gasteiger partial charge >= 0.3 is 59.1 Å². The molecule has 128 valence electrons. The van der Waals surface area contributed by atoms with Crippen LogP contribution in [0, 0.1) is 6.92 Å². The second kappa shape index (κ2) is 14.1. The van der Waals surface area contributed by atoms with Gasteiger partial charge in [-0.1, -0.05) is 35.9 Å². The standard InChI is InChI=1S/C7H8O3S.C6H6O.2Na.H2O4S/c1-6-2-4-7(5-3-6)11(8,9)10;7-6-4-2-1-3-5-6;;;1-5(2,3)4/h2-5H,1H3,(H,8,9,10);1-5,7H;;;(H2,1,2,3,4)/q;;2*+1;/p-2. The minimum Gasteiger partial charge on any atom is -0.759 e. The van der Waals surface area contributed by atoms with E-state index in [1.165, 1.54) is 12.1 Å². The molecule has 0 aliphatic rings. The number of benzene rings is 2. The van der Waals surface area contributed by atoms with Crippen LogP contribution < -0.4 is 59.1 Å². The van der Waals surface area contributed by atoms with E-state index in [1.54, 1.807) is 36.4 Å². The fourth-order valence-electron chi connectivity index (χ4n) is 1.14. The van der Waals surface area contributed by atoms with Gasteiger partial charge in [0.1, 0.15) is 5.75 Å². The van der Waals surface area contributed by atoms with Crippen LogP contribution in [-0.2, 0) is 20.5 Å². The summed E-state index contributed by atoms with van der Waals surface area (Å²) in [6.07, 6.45) is 0. The molecule has 0 aliphatic heterocycles. The van der Waals surface area contributed by atoms with Crippen molar-refractivity contribution in [2.24, 2.45) is 0 Å². The zero-order valence-electron chi connectivity index (χ0n) is 13.9. The van der Waals surface area contributed by atoms with Crippen molar-refractivity contribution in [3.05, 3.63) is 60.2 Å². The van der Waals surface area contributed by atoms with Gasteiger partial charge in [0.25, 0.3) is 10.1 Å². The van der Waals surface area contributed by atoms with Gasteiger partial charge in [-0.05, 0) is 31.2 Å². The molecule has 2 rings (SSSR count). The Bertz CT molecular complexity index is 784. The average Bonchev–Trinajstić information content (AvgIpc) is 2.38. The Labute approximate surface area is 191 Å². The largest absolute Gasteiger partial charge is 1.00 e. The number of phenolic OH excluding ortho intramolecular Hbond substituents is 1. The molecule has 12 heteroatoms. The average molecular weight is 408 g/mol. The molecule has 2 aromatic rings. The molecule has 0 heterocycles. The summed E-state index contributed by atoms with van der Waals surface area (Å²) < 4.78 is 63.6. The topological polar surface area (TPSA) is 155 Å². The van der Waals surface area contributed by atoms with Crippen LogP contribution >= 0.6 is 0 Å². The van der Waals surface area contributed by atoms with Gasteiger partial charge in [-0.2, -0.15) is 8.42 Å². The van der Waals surface area contributed by atoms with Crippen molar-refractivity contribution < 1.29 is 94.7 Å². The maximum absolute atomic E-state index is 10.5. The summed E-state index contributed by atoms with van der Waals surface area (Å²) in [6.45, 7) is 1.84. The van der Waals surface area contributed by atoms with Crippen LogP contribution in [0.1, 0.15) is 5.56 Å². The quantitative estimate of drug-likeness (QED) is 0.271. The van der Waals surface area contributed by atoms with Crippen LogP contribution in [0.3, 0.4) is 0 Å². The molecule has 0 bridgehead atoms. The van der Waals surface area contributed by atoms with E-state index in [0.29, 0.717) is 5.75 Å². The molecule has 0 aliphatic carbocycles. The molecule has 0 amide bonds. The number of aromatic hydroxyl groups is 1. The van der Waals surface area contributed by atoms with Gasteiger partial charge in [-0.15, -0.1) is 0 Å². The predicted octanol–water partition coefficient (Wildman–Crippen LogP) is -4.70. The number of phenols is 1. The molecule has 8 nitrogen and oxygen atoms in total. The molecule has 0 fully saturated rings. The number of hydrogen-bond donors (Lipinski definition) is 2. The Morgan fingerprint density at radius 2 is 1.16 bits per heavy atom. The third kappa shape index (κ3) is 20.2. The molecule has 2 aromatic carbocycles. The fraction of sp³-hybridized carbons (Fsp3) is 0.0769. The number of para-hydroxylation sites is 1. The first-order chi connectivity index (χ1) is 10.4. The Hall–Kier alpha value is 0.0200. The van der Waals surface area contributed by atoms with Crippen molar-refractivity contribution in [2.45, 2.75) is 11.8 Å². The zero-order chi connectivity index (χ0) is 18.1. The van der Waals surface area contributed by atoms with Gasteiger partial charge in [-0.25, -0.2) is 0 Å². The van der Waals surface area contributed by atoms with E-state index in [0.717, 1.165) is 5.56 Å². The first-order valence-electron chi connectivity index (χ1n) is 5.84. The van der Waals surface area contributed by atoms with Gasteiger partial charge in [0, 0.05) is 10.4 Å². The molecular formula is C13H14Na2O8S2. The van der Waals surface area contributed by atoms with Crippen LogP contribution in [0.5, 0.6) is 5.75 Å². The fourth-order valence-corrected chi connectivity index (χ4v) is 1.62. The maximum atomic E-state index is 10.5. The molecule has 0 aromatic heterocycles. The number of hydrogen-bond acceptors (Lipinski definition) is 7. The molecule has 0 spiro atoms. The molecule has 0 unspecified atom stereocenters. The van der Waals surface area contributed by atoms with Gasteiger partial charge in [0.2, 0.25) is 0 Å². The smallest absolute Gasteiger partial charge is 0.759 e. The first kappa shape index (κ1) is 29.8. The molecule has 0 saturated heterocycles. The van der Waals surface area contributed by atoms with Crippen molar-refractivity contribution in [3.63, 3.8) is 0 Å². The van der Waals surface area contributed by atoms with E-state index >= 15 is 0 Å². The van der Waals surface area contributed by atoms with Crippen LogP contribution in [0.25, 0.3) is 0 Å². The molecule has 25 heavy (non-hydrogen) atoms. The van der Waals surface area contributed by atoms with Crippen molar-refractivity contribution in [2.75, 3.05) is 0 Å². The first-order valence-corrected chi connectivity index (χ1v) is 8.62. The normalized spacial score (nSPS) is 9.76. The summed E-state index contributed by atoms with van der Waals surface area (Å²) in [4.78, 5) is -0.0666. The summed E-state index contributed by atoms with van der Waals surface area (Å²) in [5.74, 6) is 0.322. The van der Waals surface area contributed by atoms with Gasteiger partial charge < -0.3 is 14.2 Å². The van der Waals surface area contributed by atoms with Crippen LogP contribution in [0.4, 0.5) is 0 Å². The van der Waals surface area contributed by atoms with E-state index < -0.39 is 20.5 Å². The summed E-state index contributed by atoms with van der Waals surface area (Å²) in [5.41, 5.74) is 0.956. The Morgan fingerprint density at radius 1 is 0.800 bits per heavy atom. The van der Waals surface area contributed by atoms with Crippen molar-refractivity contribution in [3.8, 4) is 5.75 Å². The minimum absolute atomic E-state index is 0. The minimum atomic E-state index is -5.17. The van der Waals surface area contributed by atoms with E-state index in [2.05, 4.69) is 0 Å². The number of aryl methyl sites for hydroxylation is 1. The third-order valence-corrected chi connectivity index (χ3v) is 2.94. The Kier molecular flexibility index (Phi) is 16.8. The SMILES string of the molecule is Cc1ccc(S(=O)(=O)O)cc1.O=S(=O)([O-])[O-].Oc1ccccc1.[Na+].[Na+]. The molecule has 0 saturated carbocycles. The van der Waals surface area contributed by atoms with Crippen molar-refractivity contribution >= 4 is 20.5 Å². The molecule has 0 radical (unpaired) electrons. The molecule has 2 N–H and O–H groups in total. The predicted molar refractivity (Wildman–Crippen MR) is 79.6 cm³/mol. The Morgan fingerprint density at radius 3 is 1.40 bits per heavy atom. The second-order valence-corrected chi connectivity index (χ2v) is 6.27. The second-order valence-electron chi connectivity index (χ2n) is 4.03. The third-order valence-electron chi connectivity index (χ3n) is 2.08. The monoisotopic (exact) mass is 408 g/mol. The number of rotatable bonds is 1. The van der Waals surface area contributed by atoms with Crippen molar-refractivity contribution in [1.82, 2.24) is 0 Å². The summed E-state index contributed by atoms with van der Waals surface area (Å²) in [6, 6.07) is 14.7. The van der Waals surface area contributed by atoms with E-state index in [9.17, 15) is 8.42 Å².